The molecule has 0 atom stereocenters. The largest absolute Gasteiger partial charge is 0.396 e. The number of nitrogens with one attached hydrogen (secondary N) is 2. The Morgan fingerprint density at radius 2 is 2.13 bits per heavy atom. The van der Waals surface area contributed by atoms with Crippen LogP contribution in [0.3, 0.4) is 0 Å². The van der Waals surface area contributed by atoms with Crippen LogP contribution < -0.4 is 10.6 Å². The van der Waals surface area contributed by atoms with Crippen molar-refractivity contribution in [2.45, 2.75) is 39.2 Å². The zero-order chi connectivity index (χ0) is 11.3. The quantitative estimate of drug-likeness (QED) is 0.533. The summed E-state index contributed by atoms with van der Waals surface area (Å²) in [6.45, 7) is 5.56. The van der Waals surface area contributed by atoms with Gasteiger partial charge < -0.3 is 15.7 Å². The van der Waals surface area contributed by atoms with Crippen molar-refractivity contribution in [2.24, 2.45) is 5.41 Å². The lowest BCUT2D eigenvalue weighted by Crippen LogP contribution is -2.35. The van der Waals surface area contributed by atoms with Crippen molar-refractivity contribution in [2.75, 3.05) is 19.7 Å². The van der Waals surface area contributed by atoms with Crippen molar-refractivity contribution in [3.63, 3.8) is 0 Å². The summed E-state index contributed by atoms with van der Waals surface area (Å²) in [5.41, 5.74) is -0.104. The normalized spacial score (nSPS) is 16.5. The van der Waals surface area contributed by atoms with Gasteiger partial charge in [-0.1, -0.05) is 13.8 Å². The van der Waals surface area contributed by atoms with Crippen LogP contribution in [0.25, 0.3) is 0 Å². The van der Waals surface area contributed by atoms with Gasteiger partial charge in [-0.15, -0.1) is 0 Å². The van der Waals surface area contributed by atoms with Crippen LogP contribution in [0, 0.1) is 5.41 Å². The van der Waals surface area contributed by atoms with Gasteiger partial charge in [0.05, 0.1) is 0 Å². The van der Waals surface area contributed by atoms with Crippen molar-refractivity contribution in [1.29, 1.82) is 0 Å². The molecule has 4 heteroatoms. The molecule has 1 aliphatic rings. The van der Waals surface area contributed by atoms with E-state index in [1.165, 1.54) is 0 Å². The number of amides is 1. The highest BCUT2D eigenvalue weighted by Gasteiger charge is 2.22. The maximum Gasteiger partial charge on any atom is 0.221 e. The topological polar surface area (TPSA) is 61.4 Å². The first kappa shape index (κ1) is 12.5. The van der Waals surface area contributed by atoms with E-state index < -0.39 is 0 Å². The van der Waals surface area contributed by atoms with E-state index in [0.717, 1.165) is 19.4 Å². The Labute approximate surface area is 91.4 Å². The van der Waals surface area contributed by atoms with E-state index in [-0.39, 0.29) is 17.9 Å². The van der Waals surface area contributed by atoms with E-state index in [1.807, 2.05) is 13.8 Å². The van der Waals surface area contributed by atoms with Crippen LogP contribution in [0.2, 0.25) is 0 Å². The van der Waals surface area contributed by atoms with Gasteiger partial charge in [-0.25, -0.2) is 0 Å². The summed E-state index contributed by atoms with van der Waals surface area (Å²) in [5, 5.41) is 15.1. The minimum Gasteiger partial charge on any atom is -0.396 e. The van der Waals surface area contributed by atoms with Crippen LogP contribution in [-0.2, 0) is 4.79 Å². The summed E-state index contributed by atoms with van der Waals surface area (Å²) in [6, 6.07) is 0.450. The van der Waals surface area contributed by atoms with Crippen LogP contribution in [-0.4, -0.2) is 36.8 Å². The summed E-state index contributed by atoms with van der Waals surface area (Å²) < 4.78 is 0. The smallest absolute Gasteiger partial charge is 0.221 e. The molecule has 15 heavy (non-hydrogen) atoms. The highest BCUT2D eigenvalue weighted by molar-refractivity contribution is 5.76. The molecule has 0 aliphatic heterocycles. The van der Waals surface area contributed by atoms with Crippen LogP contribution in [0.15, 0.2) is 0 Å². The molecule has 0 bridgehead atoms. The molecule has 0 saturated heterocycles. The maximum atomic E-state index is 11.3. The average molecular weight is 214 g/mol. The first-order valence-corrected chi connectivity index (χ1v) is 5.64. The molecule has 0 aromatic rings. The van der Waals surface area contributed by atoms with Crippen LogP contribution >= 0.6 is 0 Å². The molecule has 3 N–H and O–H groups in total. The third kappa shape index (κ3) is 5.74. The molecule has 1 aliphatic carbocycles. The van der Waals surface area contributed by atoms with Crippen LogP contribution in [0.4, 0.5) is 0 Å². The van der Waals surface area contributed by atoms with Gasteiger partial charge in [0.15, 0.2) is 0 Å². The van der Waals surface area contributed by atoms with Gasteiger partial charge >= 0.3 is 0 Å². The first-order chi connectivity index (χ1) is 7.03. The molecule has 1 saturated carbocycles. The Morgan fingerprint density at radius 1 is 1.47 bits per heavy atom. The van der Waals surface area contributed by atoms with E-state index >= 15 is 0 Å². The van der Waals surface area contributed by atoms with Crippen molar-refractivity contribution in [3.8, 4) is 0 Å². The van der Waals surface area contributed by atoms with E-state index in [1.54, 1.807) is 0 Å². The third-order valence-corrected chi connectivity index (χ3v) is 2.50. The first-order valence-electron chi connectivity index (χ1n) is 5.64. The molecule has 1 rings (SSSR count). The average Bonchev–Trinajstić information content (AvgIpc) is 2.96. The number of hydrogen-bond acceptors (Lipinski definition) is 3. The molecule has 0 heterocycles. The molecule has 0 unspecified atom stereocenters. The molecule has 4 nitrogen and oxygen atoms in total. The SMILES string of the molecule is CC(C)(CO)CNCCC(=O)NC1CC1. The zero-order valence-electron chi connectivity index (χ0n) is 9.68. The number of carbonyl (C=O) groups excluding carboxylic acids is 1. The predicted molar refractivity (Wildman–Crippen MR) is 59.5 cm³/mol. The summed E-state index contributed by atoms with van der Waals surface area (Å²) in [6.07, 6.45) is 2.80. The summed E-state index contributed by atoms with van der Waals surface area (Å²) >= 11 is 0. The van der Waals surface area contributed by atoms with Crippen molar-refractivity contribution >= 4 is 5.91 Å². The van der Waals surface area contributed by atoms with E-state index in [2.05, 4.69) is 10.6 Å². The van der Waals surface area contributed by atoms with Crippen LogP contribution in [0.1, 0.15) is 33.1 Å². The Bertz CT molecular complexity index is 213. The van der Waals surface area contributed by atoms with Crippen molar-refractivity contribution in [3.05, 3.63) is 0 Å². The molecule has 1 amide bonds. The lowest BCUT2D eigenvalue weighted by Gasteiger charge is -2.21. The predicted octanol–water partition coefficient (Wildman–Crippen LogP) is 0.263. The van der Waals surface area contributed by atoms with E-state index in [4.69, 9.17) is 5.11 Å². The number of rotatable bonds is 7. The highest BCUT2D eigenvalue weighted by Crippen LogP contribution is 2.18. The van der Waals surface area contributed by atoms with Gasteiger partial charge in [0.25, 0.3) is 0 Å². The minimum absolute atomic E-state index is 0.104. The Balaban J connectivity index is 1.98. The summed E-state index contributed by atoms with van der Waals surface area (Å²) in [7, 11) is 0. The van der Waals surface area contributed by atoms with E-state index in [0.29, 0.717) is 19.0 Å². The number of hydrogen-bond donors (Lipinski definition) is 3. The van der Waals surface area contributed by atoms with Crippen molar-refractivity contribution < 1.29 is 9.90 Å². The molecule has 0 radical (unpaired) electrons. The minimum atomic E-state index is -0.104. The standard InChI is InChI=1S/C11H22N2O2/c1-11(2,8-14)7-12-6-5-10(15)13-9-3-4-9/h9,12,14H,3-8H2,1-2H3,(H,13,15). The van der Waals surface area contributed by atoms with Gasteiger partial charge in [-0.3, -0.25) is 4.79 Å². The van der Waals surface area contributed by atoms with E-state index in [9.17, 15) is 4.79 Å². The fourth-order valence-electron chi connectivity index (χ4n) is 1.21. The van der Waals surface area contributed by atoms with Gasteiger partial charge in [0, 0.05) is 37.6 Å². The molecule has 88 valence electrons. The third-order valence-electron chi connectivity index (χ3n) is 2.50. The second-order valence-electron chi connectivity index (χ2n) is 5.09. The molecule has 1 fully saturated rings. The van der Waals surface area contributed by atoms with Crippen LogP contribution in [0.5, 0.6) is 0 Å². The highest BCUT2D eigenvalue weighted by atomic mass is 16.3. The zero-order valence-corrected chi connectivity index (χ0v) is 9.68. The fourth-order valence-corrected chi connectivity index (χ4v) is 1.21. The second kappa shape index (κ2) is 5.47. The monoisotopic (exact) mass is 214 g/mol. The fraction of sp³-hybridized carbons (Fsp3) is 0.909. The Morgan fingerprint density at radius 3 is 2.67 bits per heavy atom. The van der Waals surface area contributed by atoms with Gasteiger partial charge in [-0.2, -0.15) is 0 Å². The molecule has 0 spiro atoms. The molecule has 0 aromatic heterocycles. The van der Waals surface area contributed by atoms with Crippen molar-refractivity contribution in [1.82, 2.24) is 10.6 Å². The lowest BCUT2D eigenvalue weighted by molar-refractivity contribution is -0.121. The second-order valence-corrected chi connectivity index (χ2v) is 5.09. The molecule has 0 aromatic carbocycles. The summed E-state index contributed by atoms with van der Waals surface area (Å²) in [4.78, 5) is 11.3. The molecular formula is C11H22N2O2. The Kier molecular flexibility index (Phi) is 4.54. The van der Waals surface area contributed by atoms with Gasteiger partial charge in [0.1, 0.15) is 0 Å². The Hall–Kier alpha value is -0.610. The number of aliphatic hydroxyl groups is 1. The molecular weight excluding hydrogens is 192 g/mol. The summed E-state index contributed by atoms with van der Waals surface area (Å²) in [5.74, 6) is 0.131. The van der Waals surface area contributed by atoms with Gasteiger partial charge in [-0.05, 0) is 12.8 Å². The van der Waals surface area contributed by atoms with Gasteiger partial charge in [0.2, 0.25) is 5.91 Å². The lowest BCUT2D eigenvalue weighted by atomic mass is 9.95. The number of carbonyl (C=O) groups is 1. The maximum absolute atomic E-state index is 11.3. The number of aliphatic hydroxyl groups excluding tert-OH is 1.